The van der Waals surface area contributed by atoms with Gasteiger partial charge in [-0.05, 0) is 37.1 Å². The summed E-state index contributed by atoms with van der Waals surface area (Å²) in [5.41, 5.74) is 5.76. The second kappa shape index (κ2) is 6.36. The SMILES string of the molecule is CC(C)(CNCCC(N)C(=O)O)C1CCCC1. The van der Waals surface area contributed by atoms with Gasteiger partial charge in [-0.25, -0.2) is 0 Å². The van der Waals surface area contributed by atoms with Crippen molar-refractivity contribution in [1.29, 1.82) is 0 Å². The van der Waals surface area contributed by atoms with E-state index in [0.29, 0.717) is 18.4 Å². The van der Waals surface area contributed by atoms with Crippen molar-refractivity contribution < 1.29 is 9.90 Å². The summed E-state index contributed by atoms with van der Waals surface area (Å²) in [5, 5.41) is 12.0. The predicted octanol–water partition coefficient (Wildman–Crippen LogP) is 1.59. The Labute approximate surface area is 104 Å². The van der Waals surface area contributed by atoms with Crippen molar-refractivity contribution in [2.75, 3.05) is 13.1 Å². The van der Waals surface area contributed by atoms with Crippen LogP contribution in [0.2, 0.25) is 0 Å². The topological polar surface area (TPSA) is 75.3 Å². The van der Waals surface area contributed by atoms with Crippen LogP contribution in [-0.2, 0) is 4.79 Å². The number of carboxylic acid groups (broad SMARTS) is 1. The maximum atomic E-state index is 10.5. The fourth-order valence-electron chi connectivity index (χ4n) is 2.64. The molecule has 17 heavy (non-hydrogen) atoms. The van der Waals surface area contributed by atoms with Crippen molar-refractivity contribution in [3.05, 3.63) is 0 Å². The second-order valence-corrected chi connectivity index (χ2v) is 5.88. The van der Waals surface area contributed by atoms with E-state index in [2.05, 4.69) is 19.2 Å². The summed E-state index contributed by atoms with van der Waals surface area (Å²) < 4.78 is 0. The molecule has 1 saturated carbocycles. The summed E-state index contributed by atoms with van der Waals surface area (Å²) in [4.78, 5) is 10.5. The number of aliphatic carboxylic acids is 1. The molecule has 100 valence electrons. The van der Waals surface area contributed by atoms with Crippen molar-refractivity contribution in [3.63, 3.8) is 0 Å². The molecule has 0 aromatic heterocycles. The summed E-state index contributed by atoms with van der Waals surface area (Å²) in [6.07, 6.45) is 5.89. The van der Waals surface area contributed by atoms with Gasteiger partial charge in [0.25, 0.3) is 0 Å². The number of hydrogen-bond acceptors (Lipinski definition) is 3. The molecule has 4 N–H and O–H groups in total. The Morgan fingerprint density at radius 3 is 2.59 bits per heavy atom. The van der Waals surface area contributed by atoms with Crippen molar-refractivity contribution in [2.45, 2.75) is 52.0 Å². The van der Waals surface area contributed by atoms with Crippen LogP contribution in [0, 0.1) is 11.3 Å². The van der Waals surface area contributed by atoms with E-state index in [1.165, 1.54) is 25.7 Å². The lowest BCUT2D eigenvalue weighted by Crippen LogP contribution is -2.38. The molecule has 0 saturated heterocycles. The number of carbonyl (C=O) groups is 1. The van der Waals surface area contributed by atoms with Gasteiger partial charge in [0.05, 0.1) is 0 Å². The fraction of sp³-hybridized carbons (Fsp3) is 0.923. The van der Waals surface area contributed by atoms with Gasteiger partial charge in [-0.3, -0.25) is 4.79 Å². The third-order valence-electron chi connectivity index (χ3n) is 3.99. The van der Waals surface area contributed by atoms with E-state index < -0.39 is 12.0 Å². The Hall–Kier alpha value is -0.610. The third kappa shape index (κ3) is 4.64. The van der Waals surface area contributed by atoms with Crippen LogP contribution < -0.4 is 11.1 Å². The van der Waals surface area contributed by atoms with E-state index in [4.69, 9.17) is 10.8 Å². The lowest BCUT2D eigenvalue weighted by Gasteiger charge is -2.32. The molecule has 1 fully saturated rings. The molecule has 1 unspecified atom stereocenters. The van der Waals surface area contributed by atoms with Crippen LogP contribution in [0.5, 0.6) is 0 Å². The summed E-state index contributed by atoms with van der Waals surface area (Å²) in [6.45, 7) is 6.23. The molecule has 0 amide bonds. The quantitative estimate of drug-likeness (QED) is 0.593. The minimum absolute atomic E-state index is 0.309. The van der Waals surface area contributed by atoms with E-state index in [-0.39, 0.29) is 0 Å². The van der Waals surface area contributed by atoms with Crippen LogP contribution in [0.25, 0.3) is 0 Å². The minimum atomic E-state index is -0.915. The number of hydrogen-bond donors (Lipinski definition) is 3. The highest BCUT2D eigenvalue weighted by atomic mass is 16.4. The van der Waals surface area contributed by atoms with Gasteiger partial charge in [0.2, 0.25) is 0 Å². The highest BCUT2D eigenvalue weighted by Crippen LogP contribution is 2.38. The van der Waals surface area contributed by atoms with Gasteiger partial charge in [-0.1, -0.05) is 26.7 Å². The summed E-state index contributed by atoms with van der Waals surface area (Å²) in [6, 6.07) is -0.739. The maximum Gasteiger partial charge on any atom is 0.320 e. The monoisotopic (exact) mass is 242 g/mol. The number of rotatable bonds is 7. The first kappa shape index (κ1) is 14.5. The smallest absolute Gasteiger partial charge is 0.320 e. The minimum Gasteiger partial charge on any atom is -0.480 e. The van der Waals surface area contributed by atoms with Gasteiger partial charge in [0, 0.05) is 6.54 Å². The Morgan fingerprint density at radius 1 is 1.47 bits per heavy atom. The summed E-state index contributed by atoms with van der Waals surface area (Å²) in [5.74, 6) is -0.106. The summed E-state index contributed by atoms with van der Waals surface area (Å²) >= 11 is 0. The van der Waals surface area contributed by atoms with E-state index >= 15 is 0 Å². The standard InChI is InChI=1S/C13H26N2O2/c1-13(2,10-5-3-4-6-10)9-15-8-7-11(14)12(16)17/h10-11,15H,3-9,14H2,1-2H3,(H,16,17). The molecule has 0 radical (unpaired) electrons. The van der Waals surface area contributed by atoms with E-state index in [9.17, 15) is 4.79 Å². The first-order valence-corrected chi connectivity index (χ1v) is 6.62. The molecular formula is C13H26N2O2. The van der Waals surface area contributed by atoms with Gasteiger partial charge in [0.15, 0.2) is 0 Å². The van der Waals surface area contributed by atoms with Gasteiger partial charge < -0.3 is 16.2 Å². The lowest BCUT2D eigenvalue weighted by atomic mass is 9.78. The van der Waals surface area contributed by atoms with Crippen molar-refractivity contribution in [1.82, 2.24) is 5.32 Å². The van der Waals surface area contributed by atoms with Crippen LogP contribution in [0.1, 0.15) is 46.0 Å². The third-order valence-corrected chi connectivity index (χ3v) is 3.99. The molecule has 0 heterocycles. The number of nitrogens with one attached hydrogen (secondary N) is 1. The number of nitrogens with two attached hydrogens (primary N) is 1. The zero-order valence-electron chi connectivity index (χ0n) is 11.0. The molecule has 0 aromatic rings. The molecule has 1 aliphatic rings. The van der Waals surface area contributed by atoms with E-state index in [1.807, 2.05) is 0 Å². The Balaban J connectivity index is 2.18. The molecule has 4 heteroatoms. The lowest BCUT2D eigenvalue weighted by molar-refractivity contribution is -0.138. The Morgan fingerprint density at radius 2 is 2.06 bits per heavy atom. The highest BCUT2D eigenvalue weighted by Gasteiger charge is 2.31. The molecule has 0 spiro atoms. The average Bonchev–Trinajstić information content (AvgIpc) is 2.77. The van der Waals surface area contributed by atoms with Crippen molar-refractivity contribution in [3.8, 4) is 0 Å². The molecule has 1 aliphatic carbocycles. The zero-order chi connectivity index (χ0) is 12.9. The maximum absolute atomic E-state index is 10.5. The molecule has 0 aromatic carbocycles. The number of carboxylic acids is 1. The predicted molar refractivity (Wildman–Crippen MR) is 68.8 cm³/mol. The fourth-order valence-corrected chi connectivity index (χ4v) is 2.64. The summed E-state index contributed by atoms with van der Waals surface area (Å²) in [7, 11) is 0. The second-order valence-electron chi connectivity index (χ2n) is 5.88. The average molecular weight is 242 g/mol. The largest absolute Gasteiger partial charge is 0.480 e. The van der Waals surface area contributed by atoms with E-state index in [1.54, 1.807) is 0 Å². The van der Waals surface area contributed by atoms with Gasteiger partial charge >= 0.3 is 5.97 Å². The normalized spacial score (nSPS) is 19.5. The van der Waals surface area contributed by atoms with Crippen molar-refractivity contribution in [2.24, 2.45) is 17.1 Å². The van der Waals surface area contributed by atoms with Crippen LogP contribution in [-0.4, -0.2) is 30.2 Å². The molecular weight excluding hydrogens is 216 g/mol. The first-order chi connectivity index (χ1) is 7.93. The van der Waals surface area contributed by atoms with Gasteiger partial charge in [-0.15, -0.1) is 0 Å². The van der Waals surface area contributed by atoms with Crippen molar-refractivity contribution >= 4 is 5.97 Å². The zero-order valence-corrected chi connectivity index (χ0v) is 11.0. The first-order valence-electron chi connectivity index (χ1n) is 6.62. The van der Waals surface area contributed by atoms with E-state index in [0.717, 1.165) is 12.5 Å². The molecule has 4 nitrogen and oxygen atoms in total. The van der Waals surface area contributed by atoms with Gasteiger partial charge in [-0.2, -0.15) is 0 Å². The van der Waals surface area contributed by atoms with Crippen LogP contribution in [0.15, 0.2) is 0 Å². The van der Waals surface area contributed by atoms with Crippen LogP contribution in [0.3, 0.4) is 0 Å². The molecule has 1 rings (SSSR count). The molecule has 0 bridgehead atoms. The van der Waals surface area contributed by atoms with Crippen LogP contribution >= 0.6 is 0 Å². The Kier molecular flexibility index (Phi) is 5.40. The Bertz CT molecular complexity index is 248. The van der Waals surface area contributed by atoms with Gasteiger partial charge in [0.1, 0.15) is 6.04 Å². The highest BCUT2D eigenvalue weighted by molar-refractivity contribution is 5.72. The van der Waals surface area contributed by atoms with Crippen LogP contribution in [0.4, 0.5) is 0 Å². The molecule has 1 atom stereocenters. The molecule has 0 aliphatic heterocycles.